The van der Waals surface area contributed by atoms with Crippen LogP contribution in [-0.4, -0.2) is 18.3 Å². The molecule has 0 spiro atoms. The number of phenols is 1. The molecule has 1 aliphatic heterocycles. The fourth-order valence-corrected chi connectivity index (χ4v) is 3.15. The highest BCUT2D eigenvalue weighted by atomic mass is 35.5. The van der Waals surface area contributed by atoms with Gasteiger partial charge in [0, 0.05) is 10.6 Å². The summed E-state index contributed by atoms with van der Waals surface area (Å²) < 4.78 is 11.4. The average molecular weight is 319 g/mol. The van der Waals surface area contributed by atoms with Crippen molar-refractivity contribution in [2.75, 3.05) is 7.11 Å². The van der Waals surface area contributed by atoms with E-state index < -0.39 is 0 Å². The molecule has 3 nitrogen and oxygen atoms in total. The van der Waals surface area contributed by atoms with Crippen LogP contribution in [0.1, 0.15) is 36.1 Å². The largest absolute Gasteiger partial charge is 0.504 e. The van der Waals surface area contributed by atoms with Gasteiger partial charge in [-0.15, -0.1) is 0 Å². The fourth-order valence-electron chi connectivity index (χ4n) is 2.91. The lowest BCUT2D eigenvalue weighted by molar-refractivity contribution is 0.0205. The number of phenolic OH excluding ortho intramolecular Hbond substituents is 1. The number of fused-ring (bicyclic) bond motifs is 1. The van der Waals surface area contributed by atoms with Gasteiger partial charge in [-0.25, -0.2) is 0 Å². The van der Waals surface area contributed by atoms with Gasteiger partial charge in [-0.2, -0.15) is 0 Å². The van der Waals surface area contributed by atoms with Crippen LogP contribution in [0.15, 0.2) is 36.4 Å². The molecule has 3 rings (SSSR count). The predicted molar refractivity (Wildman–Crippen MR) is 86.8 cm³/mol. The topological polar surface area (TPSA) is 38.7 Å². The number of aromatic hydroxyl groups is 1. The number of benzene rings is 2. The molecule has 1 heterocycles. The standard InChI is InChI=1S/C18H19ClO3/c1-11-7-8-12-9-17(21-2)16(20)10-14(12)18(22-11)13-5-3-4-6-15(13)19/h3-6,9-11,18,20H,7-8H2,1-2H3/t11-,18+/m1/s1. The smallest absolute Gasteiger partial charge is 0.160 e. The quantitative estimate of drug-likeness (QED) is 0.886. The summed E-state index contributed by atoms with van der Waals surface area (Å²) in [6.07, 6.45) is 1.63. The fraction of sp³-hybridized carbons (Fsp3) is 0.333. The van der Waals surface area contributed by atoms with Crippen molar-refractivity contribution in [1.29, 1.82) is 0 Å². The van der Waals surface area contributed by atoms with Gasteiger partial charge in [0.1, 0.15) is 6.10 Å². The van der Waals surface area contributed by atoms with E-state index >= 15 is 0 Å². The summed E-state index contributed by atoms with van der Waals surface area (Å²) in [6.45, 7) is 2.06. The molecule has 4 heteroatoms. The molecule has 0 saturated heterocycles. The molecule has 0 aromatic heterocycles. The van der Waals surface area contributed by atoms with Crippen LogP contribution in [0.3, 0.4) is 0 Å². The first-order valence-electron chi connectivity index (χ1n) is 7.39. The van der Waals surface area contributed by atoms with Gasteiger partial charge in [0.15, 0.2) is 11.5 Å². The van der Waals surface area contributed by atoms with Crippen molar-refractivity contribution in [1.82, 2.24) is 0 Å². The Bertz CT molecular complexity index is 684. The van der Waals surface area contributed by atoms with E-state index in [0.717, 1.165) is 29.5 Å². The minimum absolute atomic E-state index is 0.113. The first kappa shape index (κ1) is 15.2. The van der Waals surface area contributed by atoms with Crippen LogP contribution in [0.25, 0.3) is 0 Å². The molecule has 116 valence electrons. The number of ether oxygens (including phenoxy) is 2. The normalized spacial score (nSPS) is 21.0. The van der Waals surface area contributed by atoms with E-state index in [2.05, 4.69) is 6.92 Å². The van der Waals surface area contributed by atoms with Crippen molar-refractivity contribution >= 4 is 11.6 Å². The zero-order chi connectivity index (χ0) is 15.7. The van der Waals surface area contributed by atoms with Gasteiger partial charge in [0.05, 0.1) is 13.2 Å². The number of hydrogen-bond acceptors (Lipinski definition) is 3. The van der Waals surface area contributed by atoms with Gasteiger partial charge in [0.2, 0.25) is 0 Å². The number of aryl methyl sites for hydroxylation is 1. The molecule has 2 atom stereocenters. The lowest BCUT2D eigenvalue weighted by Crippen LogP contribution is -2.13. The molecular weight excluding hydrogens is 300 g/mol. The summed E-state index contributed by atoms with van der Waals surface area (Å²) in [4.78, 5) is 0. The number of hydrogen-bond donors (Lipinski definition) is 1. The monoisotopic (exact) mass is 318 g/mol. The van der Waals surface area contributed by atoms with Crippen LogP contribution in [-0.2, 0) is 11.2 Å². The summed E-state index contributed by atoms with van der Waals surface area (Å²) >= 11 is 6.36. The van der Waals surface area contributed by atoms with Crippen LogP contribution < -0.4 is 4.74 Å². The molecule has 0 fully saturated rings. The van der Waals surface area contributed by atoms with E-state index in [1.54, 1.807) is 13.2 Å². The molecule has 0 bridgehead atoms. The van der Waals surface area contributed by atoms with E-state index in [4.69, 9.17) is 21.1 Å². The number of rotatable bonds is 2. The Labute approximate surface area is 135 Å². The van der Waals surface area contributed by atoms with E-state index in [9.17, 15) is 5.11 Å². The lowest BCUT2D eigenvalue weighted by atomic mass is 9.94. The SMILES string of the molecule is COc1cc2c(cc1O)[C@H](c1ccccc1Cl)O[C@H](C)CC2. The zero-order valence-corrected chi connectivity index (χ0v) is 13.4. The third kappa shape index (κ3) is 2.79. The van der Waals surface area contributed by atoms with E-state index in [-0.39, 0.29) is 18.0 Å². The first-order chi connectivity index (χ1) is 10.6. The maximum atomic E-state index is 10.1. The molecule has 1 aliphatic rings. The van der Waals surface area contributed by atoms with Crippen LogP contribution in [0, 0.1) is 0 Å². The number of halogens is 1. The van der Waals surface area contributed by atoms with Gasteiger partial charge in [-0.1, -0.05) is 29.8 Å². The maximum absolute atomic E-state index is 10.1. The van der Waals surface area contributed by atoms with E-state index in [0.29, 0.717) is 10.8 Å². The van der Waals surface area contributed by atoms with Crippen LogP contribution in [0.4, 0.5) is 0 Å². The predicted octanol–water partition coefficient (Wildman–Crippen LogP) is 4.49. The van der Waals surface area contributed by atoms with Gasteiger partial charge < -0.3 is 14.6 Å². The highest BCUT2D eigenvalue weighted by molar-refractivity contribution is 6.31. The maximum Gasteiger partial charge on any atom is 0.160 e. The first-order valence-corrected chi connectivity index (χ1v) is 7.77. The Morgan fingerprint density at radius 2 is 2.00 bits per heavy atom. The third-order valence-electron chi connectivity index (χ3n) is 4.10. The molecule has 0 unspecified atom stereocenters. The molecule has 0 saturated carbocycles. The minimum atomic E-state index is -0.280. The molecule has 0 amide bonds. The second kappa shape index (κ2) is 6.19. The second-order valence-electron chi connectivity index (χ2n) is 5.61. The molecule has 22 heavy (non-hydrogen) atoms. The number of methoxy groups -OCH3 is 1. The van der Waals surface area contributed by atoms with Crippen molar-refractivity contribution in [3.05, 3.63) is 58.1 Å². The Hall–Kier alpha value is -1.71. The van der Waals surface area contributed by atoms with Gasteiger partial charge in [-0.05, 0) is 49.1 Å². The van der Waals surface area contributed by atoms with Crippen molar-refractivity contribution in [3.8, 4) is 11.5 Å². The Morgan fingerprint density at radius 3 is 2.73 bits per heavy atom. The summed E-state index contributed by atoms with van der Waals surface area (Å²) in [5.41, 5.74) is 3.00. The van der Waals surface area contributed by atoms with Crippen LogP contribution in [0.2, 0.25) is 5.02 Å². The molecule has 2 aromatic rings. The Morgan fingerprint density at radius 1 is 1.23 bits per heavy atom. The minimum Gasteiger partial charge on any atom is -0.504 e. The Balaban J connectivity index is 2.15. The summed E-state index contributed by atoms with van der Waals surface area (Å²) in [6, 6.07) is 11.3. The van der Waals surface area contributed by atoms with Crippen molar-refractivity contribution < 1.29 is 14.6 Å². The van der Waals surface area contributed by atoms with Crippen LogP contribution >= 0.6 is 11.6 Å². The van der Waals surface area contributed by atoms with Gasteiger partial charge in [-0.3, -0.25) is 0 Å². The molecular formula is C18H19ClO3. The average Bonchev–Trinajstić information content (AvgIpc) is 2.66. The summed E-state index contributed by atoms with van der Waals surface area (Å²) in [5.74, 6) is 0.614. The Kier molecular flexibility index (Phi) is 4.27. The molecule has 0 aliphatic carbocycles. The van der Waals surface area contributed by atoms with E-state index in [1.165, 1.54) is 0 Å². The van der Waals surface area contributed by atoms with Gasteiger partial charge in [0.25, 0.3) is 0 Å². The molecule has 1 N–H and O–H groups in total. The van der Waals surface area contributed by atoms with Crippen molar-refractivity contribution in [2.45, 2.75) is 32.0 Å². The van der Waals surface area contributed by atoms with Crippen molar-refractivity contribution in [3.63, 3.8) is 0 Å². The van der Waals surface area contributed by atoms with Gasteiger partial charge >= 0.3 is 0 Å². The van der Waals surface area contributed by atoms with E-state index in [1.807, 2.05) is 30.3 Å². The second-order valence-corrected chi connectivity index (χ2v) is 6.02. The zero-order valence-electron chi connectivity index (χ0n) is 12.7. The van der Waals surface area contributed by atoms with Crippen molar-refractivity contribution in [2.24, 2.45) is 0 Å². The highest BCUT2D eigenvalue weighted by Crippen LogP contribution is 2.41. The summed E-state index contributed by atoms with van der Waals surface area (Å²) in [5, 5.41) is 10.8. The summed E-state index contributed by atoms with van der Waals surface area (Å²) in [7, 11) is 1.56. The molecule has 0 radical (unpaired) electrons. The highest BCUT2D eigenvalue weighted by Gasteiger charge is 2.27. The lowest BCUT2D eigenvalue weighted by Gasteiger charge is -2.22. The van der Waals surface area contributed by atoms with Crippen LogP contribution in [0.5, 0.6) is 11.5 Å². The molecule has 2 aromatic carbocycles. The third-order valence-corrected chi connectivity index (χ3v) is 4.44.